The highest BCUT2D eigenvalue weighted by molar-refractivity contribution is 5.11. The van der Waals surface area contributed by atoms with Crippen LogP contribution in [0.1, 0.15) is 53.4 Å². The summed E-state index contributed by atoms with van der Waals surface area (Å²) in [5.41, 5.74) is -2.22. The fourth-order valence-electron chi connectivity index (χ4n) is 4.87. The van der Waals surface area contributed by atoms with E-state index in [4.69, 9.17) is 0 Å². The molecule has 0 spiro atoms. The summed E-state index contributed by atoms with van der Waals surface area (Å²) in [6.45, 7) is 7.29. The van der Waals surface area contributed by atoms with Crippen LogP contribution in [0.25, 0.3) is 0 Å². The lowest BCUT2D eigenvalue weighted by Gasteiger charge is -2.53. The largest absolute Gasteiger partial charge is 0.390 e. The number of aliphatic hydroxyl groups excluding tert-OH is 2. The van der Waals surface area contributed by atoms with E-state index in [2.05, 4.69) is 0 Å². The van der Waals surface area contributed by atoms with Gasteiger partial charge in [-0.05, 0) is 51.9 Å². The molecule has 2 saturated carbocycles. The quantitative estimate of drug-likeness (QED) is 0.606. The Morgan fingerprint density at radius 1 is 1.21 bits per heavy atom. The Labute approximate surface area is 115 Å². The molecule has 0 aromatic heterocycles. The van der Waals surface area contributed by atoms with Crippen molar-refractivity contribution in [1.29, 1.82) is 0 Å². The molecule has 0 aromatic rings. The van der Waals surface area contributed by atoms with Crippen molar-refractivity contribution in [3.8, 4) is 0 Å². The molecule has 2 fully saturated rings. The molecule has 112 valence electrons. The topological polar surface area (TPSA) is 80.9 Å². The van der Waals surface area contributed by atoms with Crippen molar-refractivity contribution >= 4 is 0 Å². The molecule has 4 nitrogen and oxygen atoms in total. The van der Waals surface area contributed by atoms with Gasteiger partial charge in [-0.3, -0.25) is 0 Å². The Balaban J connectivity index is 2.31. The second-order valence-corrected chi connectivity index (χ2v) is 7.87. The van der Waals surface area contributed by atoms with Crippen LogP contribution in [0.4, 0.5) is 0 Å². The molecule has 6 atom stereocenters. The number of rotatable bonds is 2. The Kier molecular flexibility index (Phi) is 3.54. The van der Waals surface area contributed by atoms with Crippen LogP contribution in [-0.4, -0.2) is 43.8 Å². The van der Waals surface area contributed by atoms with Gasteiger partial charge in [0.1, 0.15) is 0 Å². The lowest BCUT2D eigenvalue weighted by Crippen LogP contribution is -2.60. The van der Waals surface area contributed by atoms with Crippen LogP contribution >= 0.6 is 0 Å². The second-order valence-electron chi connectivity index (χ2n) is 7.87. The zero-order valence-corrected chi connectivity index (χ0v) is 12.4. The highest BCUT2D eigenvalue weighted by Crippen LogP contribution is 2.59. The summed E-state index contributed by atoms with van der Waals surface area (Å²) in [7, 11) is 0. The van der Waals surface area contributed by atoms with Gasteiger partial charge in [0.25, 0.3) is 0 Å². The van der Waals surface area contributed by atoms with Crippen molar-refractivity contribution in [1.82, 2.24) is 0 Å². The summed E-state index contributed by atoms with van der Waals surface area (Å²) in [5.74, 6) is 0.104. The van der Waals surface area contributed by atoms with Gasteiger partial charge >= 0.3 is 0 Å². The van der Waals surface area contributed by atoms with Crippen molar-refractivity contribution < 1.29 is 20.4 Å². The highest BCUT2D eigenvalue weighted by atomic mass is 16.3. The maximum Gasteiger partial charge on any atom is 0.0857 e. The van der Waals surface area contributed by atoms with Crippen LogP contribution in [0.15, 0.2) is 0 Å². The molecule has 0 saturated heterocycles. The Hall–Kier alpha value is -0.160. The van der Waals surface area contributed by atoms with Gasteiger partial charge in [0.2, 0.25) is 0 Å². The van der Waals surface area contributed by atoms with Gasteiger partial charge in [0.05, 0.1) is 23.4 Å². The van der Waals surface area contributed by atoms with Crippen molar-refractivity contribution in [2.75, 3.05) is 0 Å². The Morgan fingerprint density at radius 3 is 2.32 bits per heavy atom. The molecule has 4 N–H and O–H groups in total. The Morgan fingerprint density at radius 2 is 1.79 bits per heavy atom. The van der Waals surface area contributed by atoms with Crippen molar-refractivity contribution in [2.45, 2.75) is 76.8 Å². The van der Waals surface area contributed by atoms with Gasteiger partial charge in [0.15, 0.2) is 0 Å². The molecule has 2 aliphatic rings. The van der Waals surface area contributed by atoms with Gasteiger partial charge in [-0.1, -0.05) is 6.92 Å². The average molecular weight is 272 g/mol. The molecule has 2 rings (SSSR count). The molecule has 19 heavy (non-hydrogen) atoms. The zero-order chi connectivity index (χ0) is 14.6. The molecule has 0 aromatic carbocycles. The molecule has 0 radical (unpaired) electrons. The van der Waals surface area contributed by atoms with Gasteiger partial charge in [-0.25, -0.2) is 0 Å². The molecular formula is C15H28O4. The summed E-state index contributed by atoms with van der Waals surface area (Å²) in [6.07, 6.45) is 0.836. The number of aliphatic hydroxyl groups is 4. The van der Waals surface area contributed by atoms with Crippen LogP contribution in [0, 0.1) is 17.3 Å². The van der Waals surface area contributed by atoms with E-state index in [0.29, 0.717) is 6.42 Å². The van der Waals surface area contributed by atoms with Crippen molar-refractivity contribution in [3.63, 3.8) is 0 Å². The monoisotopic (exact) mass is 272 g/mol. The molecule has 0 bridgehead atoms. The average Bonchev–Trinajstić information content (AvgIpc) is 2.52. The SMILES string of the molecule is CC(C)(O)C[C@H]1CC[C@@]2(C)[C@H](O)[C@@H](O)C[C@](C)(O)[C@@H]12. The third-order valence-corrected chi connectivity index (χ3v) is 5.33. The van der Waals surface area contributed by atoms with Gasteiger partial charge in [0, 0.05) is 11.8 Å². The molecule has 4 heteroatoms. The van der Waals surface area contributed by atoms with Gasteiger partial charge < -0.3 is 20.4 Å². The smallest absolute Gasteiger partial charge is 0.0857 e. The van der Waals surface area contributed by atoms with Crippen LogP contribution in [0.5, 0.6) is 0 Å². The van der Waals surface area contributed by atoms with E-state index in [-0.39, 0.29) is 18.3 Å². The maximum absolute atomic E-state index is 10.7. The summed E-state index contributed by atoms with van der Waals surface area (Å²) < 4.78 is 0. The van der Waals surface area contributed by atoms with Gasteiger partial charge in [-0.2, -0.15) is 0 Å². The summed E-state index contributed by atoms with van der Waals surface area (Å²) in [5, 5.41) is 41.1. The molecule has 0 heterocycles. The van der Waals surface area contributed by atoms with E-state index in [0.717, 1.165) is 12.8 Å². The van der Waals surface area contributed by atoms with Crippen molar-refractivity contribution in [3.05, 3.63) is 0 Å². The van der Waals surface area contributed by atoms with E-state index in [1.165, 1.54) is 0 Å². The minimum atomic E-state index is -0.986. The lowest BCUT2D eigenvalue weighted by molar-refractivity contribution is -0.197. The molecule has 0 amide bonds. The second kappa shape index (κ2) is 4.42. The summed E-state index contributed by atoms with van der Waals surface area (Å²) in [6, 6.07) is 0. The zero-order valence-electron chi connectivity index (χ0n) is 12.4. The normalized spacial score (nSPS) is 51.2. The Bertz CT molecular complexity index is 347. The summed E-state index contributed by atoms with van der Waals surface area (Å²) >= 11 is 0. The first-order valence-electron chi connectivity index (χ1n) is 7.28. The van der Waals surface area contributed by atoms with Crippen LogP contribution in [0.2, 0.25) is 0 Å². The fraction of sp³-hybridized carbons (Fsp3) is 1.00. The predicted molar refractivity (Wildman–Crippen MR) is 72.5 cm³/mol. The first-order valence-corrected chi connectivity index (χ1v) is 7.28. The van der Waals surface area contributed by atoms with E-state index < -0.39 is 28.8 Å². The van der Waals surface area contributed by atoms with E-state index in [1.807, 2.05) is 6.92 Å². The minimum Gasteiger partial charge on any atom is -0.390 e. The molecule has 0 unspecified atom stereocenters. The van der Waals surface area contributed by atoms with E-state index in [1.54, 1.807) is 20.8 Å². The van der Waals surface area contributed by atoms with Crippen LogP contribution in [-0.2, 0) is 0 Å². The first kappa shape index (κ1) is 15.2. The van der Waals surface area contributed by atoms with Crippen LogP contribution in [0.3, 0.4) is 0 Å². The van der Waals surface area contributed by atoms with Crippen molar-refractivity contribution in [2.24, 2.45) is 17.3 Å². The maximum atomic E-state index is 10.7. The minimum absolute atomic E-state index is 0.0789. The standard InChI is InChI=1S/C15H28O4/c1-13(2,18)7-9-5-6-14(3)11(9)15(4,19)8-10(16)12(14)17/h9-12,16-19H,5-8H2,1-4H3/t9-,10+,11+,12-,14-,15+/m1/s1. The van der Waals surface area contributed by atoms with Gasteiger partial charge in [-0.15, -0.1) is 0 Å². The first-order chi connectivity index (χ1) is 8.47. The third-order valence-electron chi connectivity index (χ3n) is 5.33. The highest BCUT2D eigenvalue weighted by Gasteiger charge is 2.61. The number of hydrogen-bond donors (Lipinski definition) is 4. The predicted octanol–water partition coefficient (Wildman–Crippen LogP) is 1.06. The summed E-state index contributed by atoms with van der Waals surface area (Å²) in [4.78, 5) is 0. The molecule has 0 aliphatic heterocycles. The van der Waals surface area contributed by atoms with E-state index >= 15 is 0 Å². The molecule has 2 aliphatic carbocycles. The number of hydrogen-bond acceptors (Lipinski definition) is 4. The van der Waals surface area contributed by atoms with Crippen LogP contribution < -0.4 is 0 Å². The molecular weight excluding hydrogens is 244 g/mol. The number of fused-ring (bicyclic) bond motifs is 1. The lowest BCUT2D eigenvalue weighted by atomic mass is 9.57. The van der Waals surface area contributed by atoms with E-state index in [9.17, 15) is 20.4 Å². The fourth-order valence-corrected chi connectivity index (χ4v) is 4.87. The third kappa shape index (κ3) is 2.56.